The molecule has 0 aromatic rings. The first-order valence-corrected chi connectivity index (χ1v) is 7.56. The highest BCUT2D eigenvalue weighted by molar-refractivity contribution is 4.94. The number of rotatable bonds is 4. The van der Waals surface area contributed by atoms with Crippen molar-refractivity contribution in [3.63, 3.8) is 0 Å². The Hall–Kier alpha value is -0.120. The Morgan fingerprint density at radius 3 is 2.56 bits per heavy atom. The maximum Gasteiger partial charge on any atom is 0.0687 e. The van der Waals surface area contributed by atoms with Gasteiger partial charge in [-0.2, -0.15) is 0 Å². The number of aliphatic hydroxyl groups is 1. The van der Waals surface area contributed by atoms with E-state index in [-0.39, 0.29) is 17.1 Å². The van der Waals surface area contributed by atoms with Gasteiger partial charge in [-0.15, -0.1) is 0 Å². The molecule has 1 aliphatic carbocycles. The van der Waals surface area contributed by atoms with Crippen LogP contribution in [0.15, 0.2) is 0 Å². The zero-order chi connectivity index (χ0) is 13.2. The van der Waals surface area contributed by atoms with Crippen LogP contribution in [-0.2, 0) is 4.74 Å². The molecule has 1 spiro atoms. The summed E-state index contributed by atoms with van der Waals surface area (Å²) < 4.78 is 6.37. The molecule has 18 heavy (non-hydrogen) atoms. The normalized spacial score (nSPS) is 32.3. The van der Waals surface area contributed by atoms with Crippen molar-refractivity contribution in [3.05, 3.63) is 0 Å². The van der Waals surface area contributed by atoms with E-state index in [9.17, 15) is 5.11 Å². The van der Waals surface area contributed by atoms with E-state index in [1.807, 2.05) is 6.92 Å². The lowest BCUT2D eigenvalue weighted by molar-refractivity contribution is -0.0855. The van der Waals surface area contributed by atoms with Gasteiger partial charge in [-0.05, 0) is 39.0 Å². The molecule has 0 aromatic heterocycles. The molecule has 106 valence electrons. The van der Waals surface area contributed by atoms with Crippen LogP contribution in [0.2, 0.25) is 0 Å². The molecule has 3 nitrogen and oxygen atoms in total. The lowest BCUT2D eigenvalue weighted by atomic mass is 9.79. The largest absolute Gasteiger partial charge is 0.393 e. The summed E-state index contributed by atoms with van der Waals surface area (Å²) in [5.74, 6) is 0. The van der Waals surface area contributed by atoms with E-state index in [2.05, 4.69) is 6.92 Å². The molecule has 3 atom stereocenters. The Kier molecular flexibility index (Phi) is 4.35. The minimum Gasteiger partial charge on any atom is -0.393 e. The fraction of sp³-hybridized carbons (Fsp3) is 1.00. The third-order valence-electron chi connectivity index (χ3n) is 5.27. The standard InChI is InChI=1S/C15H29NO2/c1-12(17)14(2,11-16)10-13-6-9-15(18-13)7-4-3-5-8-15/h12-13,17H,3-11,16H2,1-2H3. The number of hydrogen-bond acceptors (Lipinski definition) is 3. The van der Waals surface area contributed by atoms with Crippen molar-refractivity contribution in [1.29, 1.82) is 0 Å². The van der Waals surface area contributed by atoms with E-state index in [0.717, 1.165) is 12.8 Å². The summed E-state index contributed by atoms with van der Waals surface area (Å²) in [6.45, 7) is 4.45. The fourth-order valence-corrected chi connectivity index (χ4v) is 3.55. The third-order valence-corrected chi connectivity index (χ3v) is 5.27. The quantitative estimate of drug-likeness (QED) is 0.812. The second-order valence-corrected chi connectivity index (χ2v) is 6.76. The van der Waals surface area contributed by atoms with E-state index in [1.165, 1.54) is 38.5 Å². The van der Waals surface area contributed by atoms with Crippen LogP contribution in [0.4, 0.5) is 0 Å². The van der Waals surface area contributed by atoms with E-state index < -0.39 is 0 Å². The number of aliphatic hydroxyl groups excluding tert-OH is 1. The number of nitrogens with two attached hydrogens (primary N) is 1. The van der Waals surface area contributed by atoms with E-state index in [4.69, 9.17) is 10.5 Å². The summed E-state index contributed by atoms with van der Waals surface area (Å²) in [4.78, 5) is 0. The molecule has 0 amide bonds. The molecule has 2 aliphatic rings. The van der Waals surface area contributed by atoms with Gasteiger partial charge in [0, 0.05) is 12.0 Å². The van der Waals surface area contributed by atoms with Gasteiger partial charge in [-0.25, -0.2) is 0 Å². The van der Waals surface area contributed by atoms with Crippen molar-refractivity contribution in [1.82, 2.24) is 0 Å². The maximum atomic E-state index is 9.90. The first-order valence-electron chi connectivity index (χ1n) is 7.56. The predicted octanol–water partition coefficient (Wildman–Crippen LogP) is 2.60. The van der Waals surface area contributed by atoms with Crippen LogP contribution < -0.4 is 5.73 Å². The second-order valence-electron chi connectivity index (χ2n) is 6.76. The van der Waals surface area contributed by atoms with Gasteiger partial charge in [0.1, 0.15) is 0 Å². The van der Waals surface area contributed by atoms with Gasteiger partial charge in [0.15, 0.2) is 0 Å². The summed E-state index contributed by atoms with van der Waals surface area (Å²) in [6.07, 6.45) is 9.64. The Balaban J connectivity index is 1.92. The van der Waals surface area contributed by atoms with Gasteiger partial charge in [0.25, 0.3) is 0 Å². The summed E-state index contributed by atoms with van der Waals surface area (Å²) in [6, 6.07) is 0. The molecule has 1 heterocycles. The summed E-state index contributed by atoms with van der Waals surface area (Å²) >= 11 is 0. The molecule has 2 fully saturated rings. The van der Waals surface area contributed by atoms with Crippen molar-refractivity contribution in [2.75, 3.05) is 6.54 Å². The van der Waals surface area contributed by atoms with Gasteiger partial charge in [-0.1, -0.05) is 26.2 Å². The third kappa shape index (κ3) is 2.89. The minimum atomic E-state index is -0.367. The van der Waals surface area contributed by atoms with Crippen LogP contribution in [0, 0.1) is 5.41 Å². The van der Waals surface area contributed by atoms with Crippen LogP contribution in [0.3, 0.4) is 0 Å². The Labute approximate surface area is 111 Å². The summed E-state index contributed by atoms with van der Waals surface area (Å²) in [7, 11) is 0. The molecule has 3 N–H and O–H groups in total. The van der Waals surface area contributed by atoms with Crippen molar-refractivity contribution < 1.29 is 9.84 Å². The molecule has 0 bridgehead atoms. The predicted molar refractivity (Wildman–Crippen MR) is 73.4 cm³/mol. The molecule has 0 aromatic carbocycles. The molecule has 0 radical (unpaired) electrons. The first-order chi connectivity index (χ1) is 8.50. The lowest BCUT2D eigenvalue weighted by Gasteiger charge is -2.36. The Morgan fingerprint density at radius 1 is 1.33 bits per heavy atom. The summed E-state index contributed by atoms with van der Waals surface area (Å²) in [5, 5.41) is 9.90. The van der Waals surface area contributed by atoms with Crippen LogP contribution in [0.25, 0.3) is 0 Å². The lowest BCUT2D eigenvalue weighted by Crippen LogP contribution is -2.41. The topological polar surface area (TPSA) is 55.5 Å². The van der Waals surface area contributed by atoms with E-state index in [1.54, 1.807) is 0 Å². The van der Waals surface area contributed by atoms with Crippen LogP contribution in [0.5, 0.6) is 0 Å². The van der Waals surface area contributed by atoms with Crippen LogP contribution in [0.1, 0.15) is 65.2 Å². The maximum absolute atomic E-state index is 9.90. The SMILES string of the molecule is CC(O)C(C)(CN)CC1CCC2(CCCCC2)O1. The summed E-state index contributed by atoms with van der Waals surface area (Å²) in [5.41, 5.74) is 5.81. The molecule has 3 unspecified atom stereocenters. The molecular weight excluding hydrogens is 226 g/mol. The van der Waals surface area contributed by atoms with E-state index >= 15 is 0 Å². The van der Waals surface area contributed by atoms with Gasteiger partial charge in [0.2, 0.25) is 0 Å². The minimum absolute atomic E-state index is 0.178. The smallest absolute Gasteiger partial charge is 0.0687 e. The zero-order valence-electron chi connectivity index (χ0n) is 12.0. The monoisotopic (exact) mass is 255 g/mol. The molecule has 1 saturated heterocycles. The molecule has 3 heteroatoms. The molecular formula is C15H29NO2. The van der Waals surface area contributed by atoms with E-state index in [0.29, 0.717) is 12.6 Å². The number of hydrogen-bond donors (Lipinski definition) is 2. The number of ether oxygens (including phenoxy) is 1. The van der Waals surface area contributed by atoms with Crippen molar-refractivity contribution in [2.45, 2.75) is 83.0 Å². The zero-order valence-corrected chi connectivity index (χ0v) is 12.0. The van der Waals surface area contributed by atoms with Crippen LogP contribution in [-0.4, -0.2) is 29.5 Å². The second kappa shape index (κ2) is 5.48. The van der Waals surface area contributed by atoms with Gasteiger partial charge < -0.3 is 15.6 Å². The Morgan fingerprint density at radius 2 is 2.00 bits per heavy atom. The average molecular weight is 255 g/mol. The van der Waals surface area contributed by atoms with Crippen molar-refractivity contribution in [2.24, 2.45) is 11.1 Å². The first kappa shape index (κ1) is 14.3. The van der Waals surface area contributed by atoms with Crippen molar-refractivity contribution in [3.8, 4) is 0 Å². The van der Waals surface area contributed by atoms with Gasteiger partial charge in [0.05, 0.1) is 17.8 Å². The van der Waals surface area contributed by atoms with Crippen molar-refractivity contribution >= 4 is 0 Å². The highest BCUT2D eigenvalue weighted by Crippen LogP contribution is 2.44. The average Bonchev–Trinajstić information content (AvgIpc) is 2.72. The highest BCUT2D eigenvalue weighted by Gasteiger charge is 2.43. The van der Waals surface area contributed by atoms with Crippen LogP contribution >= 0.6 is 0 Å². The highest BCUT2D eigenvalue weighted by atomic mass is 16.5. The van der Waals surface area contributed by atoms with Gasteiger partial charge in [-0.3, -0.25) is 0 Å². The Bertz CT molecular complexity index is 274. The molecule has 2 rings (SSSR count). The molecule has 1 aliphatic heterocycles. The van der Waals surface area contributed by atoms with Gasteiger partial charge >= 0.3 is 0 Å². The fourth-order valence-electron chi connectivity index (χ4n) is 3.55. The molecule has 1 saturated carbocycles.